The van der Waals surface area contributed by atoms with E-state index in [1.807, 2.05) is 0 Å². The first-order chi connectivity index (χ1) is 8.17. The van der Waals surface area contributed by atoms with Crippen molar-refractivity contribution in [1.29, 1.82) is 0 Å². The second-order valence-corrected chi connectivity index (χ2v) is 4.88. The lowest BCUT2D eigenvalue weighted by molar-refractivity contribution is 0.0439. The maximum Gasteiger partial charge on any atom is 0.269 e. The van der Waals surface area contributed by atoms with Crippen molar-refractivity contribution in [3.05, 3.63) is 18.0 Å². The van der Waals surface area contributed by atoms with E-state index >= 15 is 0 Å². The first-order valence-corrected chi connectivity index (χ1v) is 6.73. The van der Waals surface area contributed by atoms with Crippen LogP contribution in [0.4, 0.5) is 0 Å². The Morgan fingerprint density at radius 2 is 2.35 bits per heavy atom. The molecule has 17 heavy (non-hydrogen) atoms. The minimum Gasteiger partial charge on any atom is -0.381 e. The summed E-state index contributed by atoms with van der Waals surface area (Å²) < 4.78 is 6.91. The van der Waals surface area contributed by atoms with Crippen LogP contribution in [0.25, 0.3) is 0 Å². The Morgan fingerprint density at radius 3 is 2.88 bits per heavy atom. The molecule has 0 bridgehead atoms. The van der Waals surface area contributed by atoms with Crippen molar-refractivity contribution in [3.63, 3.8) is 0 Å². The maximum absolute atomic E-state index is 12.1. The minimum absolute atomic E-state index is 0.0775. The third kappa shape index (κ3) is 2.69. The van der Waals surface area contributed by atoms with Crippen molar-refractivity contribution in [2.75, 3.05) is 18.5 Å². The number of aromatic nitrogens is 2. The van der Waals surface area contributed by atoms with E-state index in [9.17, 15) is 4.79 Å². The van der Waals surface area contributed by atoms with E-state index in [1.54, 1.807) is 24.0 Å². The van der Waals surface area contributed by atoms with Gasteiger partial charge >= 0.3 is 0 Å². The van der Waals surface area contributed by atoms with Gasteiger partial charge in [-0.3, -0.25) is 9.48 Å². The molecule has 2 heterocycles. The summed E-state index contributed by atoms with van der Waals surface area (Å²) in [6.07, 6.45) is 3.30. The monoisotopic (exact) mass is 301 g/mol. The number of halogens is 1. The molecule has 1 saturated heterocycles. The Morgan fingerprint density at radius 1 is 1.65 bits per heavy atom. The number of amides is 1. The Kier molecular flexibility index (Phi) is 3.83. The number of carbonyl (C=O) groups excluding carboxylic acids is 1. The summed E-state index contributed by atoms with van der Waals surface area (Å²) in [5.74, 6) is -0.0775. The highest BCUT2D eigenvalue weighted by Crippen LogP contribution is 2.23. The van der Waals surface area contributed by atoms with Crippen molar-refractivity contribution >= 4 is 21.8 Å². The Balaban J connectivity index is 2.08. The lowest BCUT2D eigenvalue weighted by Crippen LogP contribution is -2.53. The van der Waals surface area contributed by atoms with Crippen LogP contribution in [0.5, 0.6) is 0 Å². The van der Waals surface area contributed by atoms with Gasteiger partial charge in [-0.05, 0) is 18.9 Å². The van der Waals surface area contributed by atoms with Crippen molar-refractivity contribution in [2.24, 2.45) is 7.05 Å². The first-order valence-electron chi connectivity index (χ1n) is 5.61. The summed E-state index contributed by atoms with van der Waals surface area (Å²) in [5.41, 5.74) is 0.386. The molecule has 1 fully saturated rings. The number of rotatable bonds is 3. The molecule has 0 aromatic carbocycles. The Labute approximate surface area is 109 Å². The second kappa shape index (κ2) is 5.18. The fourth-order valence-electron chi connectivity index (χ4n) is 1.96. The van der Waals surface area contributed by atoms with Crippen LogP contribution < -0.4 is 5.32 Å². The lowest BCUT2D eigenvalue weighted by Gasteiger charge is -2.36. The predicted octanol–water partition coefficient (Wildman–Crippen LogP) is 1.09. The number of ether oxygens (including phenoxy) is 1. The zero-order chi connectivity index (χ0) is 12.3. The normalized spacial score (nSPS) is 18.9. The van der Waals surface area contributed by atoms with Crippen LogP contribution in [0.15, 0.2) is 12.3 Å². The topological polar surface area (TPSA) is 56.2 Å². The number of hydrogen-bond acceptors (Lipinski definition) is 3. The van der Waals surface area contributed by atoms with Crippen LogP contribution in [-0.2, 0) is 11.8 Å². The molecule has 1 N–H and O–H groups in total. The summed E-state index contributed by atoms with van der Waals surface area (Å²) in [6, 6.07) is 1.72. The predicted molar refractivity (Wildman–Crippen MR) is 67.3 cm³/mol. The van der Waals surface area contributed by atoms with E-state index in [0.717, 1.165) is 18.2 Å². The van der Waals surface area contributed by atoms with Gasteiger partial charge in [0.1, 0.15) is 5.69 Å². The standard InChI is InChI=1S/C11H16BrN3O2/c1-15-9(2-5-13-15)10(16)14-11(8-12)3-6-17-7-4-11/h2,5H,3-4,6-8H2,1H3,(H,14,16). The van der Waals surface area contributed by atoms with Crippen LogP contribution in [0.3, 0.4) is 0 Å². The molecule has 2 rings (SSSR count). The molecule has 1 aliphatic heterocycles. The van der Waals surface area contributed by atoms with Crippen LogP contribution in [0.1, 0.15) is 23.3 Å². The highest BCUT2D eigenvalue weighted by atomic mass is 79.9. The van der Waals surface area contributed by atoms with E-state index in [-0.39, 0.29) is 11.4 Å². The molecule has 0 unspecified atom stereocenters. The van der Waals surface area contributed by atoms with Gasteiger partial charge in [0.15, 0.2) is 0 Å². The number of nitrogens with zero attached hydrogens (tertiary/aromatic N) is 2. The Hall–Kier alpha value is -0.880. The van der Waals surface area contributed by atoms with Gasteiger partial charge in [0.25, 0.3) is 5.91 Å². The molecule has 94 valence electrons. The second-order valence-electron chi connectivity index (χ2n) is 4.32. The summed E-state index contributed by atoms with van der Waals surface area (Å²) in [5, 5.41) is 7.84. The van der Waals surface area contributed by atoms with Crippen molar-refractivity contribution in [3.8, 4) is 0 Å². The molecule has 0 radical (unpaired) electrons. The van der Waals surface area contributed by atoms with Crippen LogP contribution in [0.2, 0.25) is 0 Å². The minimum atomic E-state index is -0.195. The molecule has 1 aliphatic rings. The highest BCUT2D eigenvalue weighted by Gasteiger charge is 2.33. The average molecular weight is 302 g/mol. The molecular weight excluding hydrogens is 286 g/mol. The van der Waals surface area contributed by atoms with Gasteiger partial charge in [-0.2, -0.15) is 5.10 Å². The smallest absolute Gasteiger partial charge is 0.269 e. The molecule has 0 atom stereocenters. The fraction of sp³-hybridized carbons (Fsp3) is 0.636. The molecule has 0 spiro atoms. The lowest BCUT2D eigenvalue weighted by atomic mass is 9.92. The van der Waals surface area contributed by atoms with Crippen molar-refractivity contribution in [2.45, 2.75) is 18.4 Å². The first kappa shape index (κ1) is 12.6. The molecule has 0 aliphatic carbocycles. The van der Waals surface area contributed by atoms with Gasteiger partial charge < -0.3 is 10.1 Å². The van der Waals surface area contributed by atoms with E-state index in [1.165, 1.54) is 0 Å². The number of aryl methyl sites for hydroxylation is 1. The number of alkyl halides is 1. The summed E-state index contributed by atoms with van der Waals surface area (Å²) in [7, 11) is 1.76. The van der Waals surface area contributed by atoms with E-state index in [4.69, 9.17) is 4.74 Å². The zero-order valence-corrected chi connectivity index (χ0v) is 11.4. The van der Waals surface area contributed by atoms with Gasteiger partial charge in [0, 0.05) is 31.8 Å². The Bertz CT molecular complexity index is 399. The summed E-state index contributed by atoms with van der Waals surface area (Å²) in [4.78, 5) is 12.1. The highest BCUT2D eigenvalue weighted by molar-refractivity contribution is 9.09. The summed E-state index contributed by atoms with van der Waals surface area (Å²) >= 11 is 3.49. The van der Waals surface area contributed by atoms with Crippen LogP contribution in [0, 0.1) is 0 Å². The van der Waals surface area contributed by atoms with Gasteiger partial charge in [-0.15, -0.1) is 0 Å². The average Bonchev–Trinajstić information content (AvgIpc) is 2.77. The number of hydrogen-bond donors (Lipinski definition) is 1. The SMILES string of the molecule is Cn1nccc1C(=O)NC1(CBr)CCOCC1. The zero-order valence-electron chi connectivity index (χ0n) is 9.78. The van der Waals surface area contributed by atoms with Crippen LogP contribution in [-0.4, -0.2) is 39.8 Å². The molecule has 5 nitrogen and oxygen atoms in total. The molecule has 6 heteroatoms. The maximum atomic E-state index is 12.1. The van der Waals surface area contributed by atoms with E-state index < -0.39 is 0 Å². The molecule has 1 aromatic heterocycles. The third-order valence-corrected chi connectivity index (χ3v) is 4.21. The third-order valence-electron chi connectivity index (χ3n) is 3.14. The van der Waals surface area contributed by atoms with Crippen LogP contribution >= 0.6 is 15.9 Å². The largest absolute Gasteiger partial charge is 0.381 e. The number of carbonyl (C=O) groups is 1. The van der Waals surface area contributed by atoms with Gasteiger partial charge in [-0.25, -0.2) is 0 Å². The van der Waals surface area contributed by atoms with Gasteiger partial charge in [-0.1, -0.05) is 15.9 Å². The van der Waals surface area contributed by atoms with Gasteiger partial charge in [0.05, 0.1) is 5.54 Å². The molecular formula is C11H16BrN3O2. The van der Waals surface area contributed by atoms with Gasteiger partial charge in [0.2, 0.25) is 0 Å². The molecule has 0 saturated carbocycles. The van der Waals surface area contributed by atoms with Crippen molar-refractivity contribution < 1.29 is 9.53 Å². The van der Waals surface area contributed by atoms with E-state index in [2.05, 4.69) is 26.3 Å². The fourth-order valence-corrected chi connectivity index (χ4v) is 2.66. The van der Waals surface area contributed by atoms with Crippen molar-refractivity contribution in [1.82, 2.24) is 15.1 Å². The summed E-state index contributed by atoms with van der Waals surface area (Å²) in [6.45, 7) is 1.38. The quantitative estimate of drug-likeness (QED) is 0.851. The van der Waals surface area contributed by atoms with E-state index in [0.29, 0.717) is 18.9 Å². The molecule has 1 aromatic rings. The molecule has 1 amide bonds. The number of nitrogens with one attached hydrogen (secondary N) is 1.